The van der Waals surface area contributed by atoms with E-state index >= 15 is 0 Å². The molecular formula is C16H25N3O5S. The van der Waals surface area contributed by atoms with Crippen LogP contribution in [-0.2, 0) is 14.8 Å². The van der Waals surface area contributed by atoms with Crippen LogP contribution in [0.25, 0.3) is 0 Å². The lowest BCUT2D eigenvalue weighted by molar-refractivity contribution is -0.137. The Bertz CT molecular complexity index is 744. The van der Waals surface area contributed by atoms with E-state index in [1.54, 1.807) is 45.9 Å². The molecule has 0 aliphatic rings. The van der Waals surface area contributed by atoms with Crippen LogP contribution < -0.4 is 15.4 Å². The van der Waals surface area contributed by atoms with Gasteiger partial charge in [0, 0.05) is 17.6 Å². The first-order valence-electron chi connectivity index (χ1n) is 7.86. The summed E-state index contributed by atoms with van der Waals surface area (Å²) < 4.78 is 25.7. The molecule has 0 aliphatic carbocycles. The number of amides is 2. The molecule has 0 atom stereocenters. The van der Waals surface area contributed by atoms with Crippen LogP contribution >= 0.6 is 0 Å². The number of aliphatic carboxylic acids is 1. The zero-order chi connectivity index (χ0) is 19.3. The summed E-state index contributed by atoms with van der Waals surface area (Å²) in [5.74, 6) is -0.948. The van der Waals surface area contributed by atoms with Crippen molar-refractivity contribution in [2.75, 3.05) is 15.8 Å². The van der Waals surface area contributed by atoms with Gasteiger partial charge in [-0.25, -0.2) is 13.2 Å². The standard InChI is InChI=1S/C16H25N3O5S/c1-5-25(23,24)19-13-7-6-12(10-11(13)2)17-15(22)18-16(3,4)9-8-14(20)21/h6-7,10,19H,5,8-9H2,1-4H3,(H,20,21)(H2,17,18,22). The monoisotopic (exact) mass is 371 g/mol. The first-order valence-corrected chi connectivity index (χ1v) is 9.51. The lowest BCUT2D eigenvalue weighted by atomic mass is 9.99. The maximum absolute atomic E-state index is 12.1. The number of aryl methyl sites for hydroxylation is 1. The van der Waals surface area contributed by atoms with Crippen LogP contribution in [0.3, 0.4) is 0 Å². The molecule has 1 aromatic rings. The minimum absolute atomic E-state index is 0.0275. The number of rotatable bonds is 8. The molecule has 0 aliphatic heterocycles. The van der Waals surface area contributed by atoms with Gasteiger partial charge in [-0.2, -0.15) is 0 Å². The van der Waals surface area contributed by atoms with E-state index in [-0.39, 0.29) is 12.2 Å². The van der Waals surface area contributed by atoms with Gasteiger partial charge in [0.25, 0.3) is 0 Å². The third-order valence-corrected chi connectivity index (χ3v) is 4.84. The average molecular weight is 371 g/mol. The number of benzene rings is 1. The van der Waals surface area contributed by atoms with Gasteiger partial charge in [-0.1, -0.05) is 0 Å². The van der Waals surface area contributed by atoms with Crippen LogP contribution in [0.5, 0.6) is 0 Å². The lowest BCUT2D eigenvalue weighted by Crippen LogP contribution is -2.45. The normalized spacial score (nSPS) is 11.7. The highest BCUT2D eigenvalue weighted by atomic mass is 32.2. The molecule has 1 rings (SSSR count). The van der Waals surface area contributed by atoms with Crippen molar-refractivity contribution in [1.29, 1.82) is 0 Å². The van der Waals surface area contributed by atoms with Crippen LogP contribution in [0.2, 0.25) is 0 Å². The number of carbonyl (C=O) groups excluding carboxylic acids is 1. The van der Waals surface area contributed by atoms with Crippen LogP contribution in [0.15, 0.2) is 18.2 Å². The molecule has 25 heavy (non-hydrogen) atoms. The predicted molar refractivity (Wildman–Crippen MR) is 97.4 cm³/mol. The lowest BCUT2D eigenvalue weighted by Gasteiger charge is -2.25. The first kappa shape index (κ1) is 20.8. The van der Waals surface area contributed by atoms with E-state index < -0.39 is 27.6 Å². The SMILES string of the molecule is CCS(=O)(=O)Nc1ccc(NC(=O)NC(C)(C)CCC(=O)O)cc1C. The van der Waals surface area contributed by atoms with Crippen LogP contribution in [0, 0.1) is 6.92 Å². The van der Waals surface area contributed by atoms with E-state index in [2.05, 4.69) is 15.4 Å². The summed E-state index contributed by atoms with van der Waals surface area (Å²) in [6.07, 6.45) is 0.255. The summed E-state index contributed by atoms with van der Waals surface area (Å²) in [5, 5.41) is 14.1. The summed E-state index contributed by atoms with van der Waals surface area (Å²) in [6.45, 7) is 6.75. The number of hydrogen-bond donors (Lipinski definition) is 4. The molecule has 0 fully saturated rings. The van der Waals surface area contributed by atoms with Crippen molar-refractivity contribution in [3.63, 3.8) is 0 Å². The second kappa shape index (κ2) is 8.19. The Morgan fingerprint density at radius 2 is 1.88 bits per heavy atom. The zero-order valence-electron chi connectivity index (χ0n) is 14.8. The Labute approximate surface area is 148 Å². The molecule has 8 nitrogen and oxygen atoms in total. The summed E-state index contributed by atoms with van der Waals surface area (Å²) >= 11 is 0. The van der Waals surface area contributed by atoms with E-state index in [9.17, 15) is 18.0 Å². The van der Waals surface area contributed by atoms with Crippen molar-refractivity contribution in [3.05, 3.63) is 23.8 Å². The average Bonchev–Trinajstić information content (AvgIpc) is 2.47. The van der Waals surface area contributed by atoms with E-state index in [0.29, 0.717) is 23.4 Å². The second-order valence-corrected chi connectivity index (χ2v) is 8.40. The number of nitrogens with one attached hydrogen (secondary N) is 3. The minimum atomic E-state index is -3.37. The number of carbonyl (C=O) groups is 2. The fourth-order valence-corrected chi connectivity index (χ4v) is 2.76. The van der Waals surface area contributed by atoms with Gasteiger partial charge in [-0.05, 0) is 57.9 Å². The van der Waals surface area contributed by atoms with Crippen LogP contribution in [-0.4, -0.2) is 36.8 Å². The smallest absolute Gasteiger partial charge is 0.319 e. The maximum atomic E-state index is 12.1. The molecule has 0 aromatic heterocycles. The maximum Gasteiger partial charge on any atom is 0.319 e. The minimum Gasteiger partial charge on any atom is -0.481 e. The Hall–Kier alpha value is -2.29. The number of hydrogen-bond acceptors (Lipinski definition) is 4. The predicted octanol–water partition coefficient (Wildman–Crippen LogP) is 2.52. The molecule has 0 heterocycles. The highest BCUT2D eigenvalue weighted by Gasteiger charge is 2.21. The molecule has 4 N–H and O–H groups in total. The van der Waals surface area contributed by atoms with Gasteiger partial charge in [-0.3, -0.25) is 9.52 Å². The Balaban J connectivity index is 2.72. The van der Waals surface area contributed by atoms with Gasteiger partial charge in [0.1, 0.15) is 0 Å². The Morgan fingerprint density at radius 3 is 2.40 bits per heavy atom. The summed E-state index contributed by atoms with van der Waals surface area (Å²) in [7, 11) is -3.37. The first-order chi connectivity index (χ1) is 11.4. The van der Waals surface area contributed by atoms with Crippen molar-refractivity contribution in [2.24, 2.45) is 0 Å². The molecular weight excluding hydrogens is 346 g/mol. The second-order valence-electron chi connectivity index (χ2n) is 6.39. The molecule has 2 amide bonds. The highest BCUT2D eigenvalue weighted by Crippen LogP contribution is 2.21. The highest BCUT2D eigenvalue weighted by molar-refractivity contribution is 7.92. The van der Waals surface area contributed by atoms with E-state index in [1.807, 2.05) is 0 Å². The van der Waals surface area contributed by atoms with Crippen molar-refractivity contribution >= 4 is 33.4 Å². The fraction of sp³-hybridized carbons (Fsp3) is 0.500. The number of anilines is 2. The number of urea groups is 1. The molecule has 0 radical (unpaired) electrons. The zero-order valence-corrected chi connectivity index (χ0v) is 15.7. The van der Waals surface area contributed by atoms with Gasteiger partial charge in [-0.15, -0.1) is 0 Å². The van der Waals surface area contributed by atoms with E-state index in [1.165, 1.54) is 0 Å². The fourth-order valence-electron chi connectivity index (χ4n) is 2.05. The van der Waals surface area contributed by atoms with Gasteiger partial charge in [0.05, 0.1) is 11.4 Å². The number of carboxylic acids is 1. The quantitative estimate of drug-likeness (QED) is 0.559. The van der Waals surface area contributed by atoms with Crippen molar-refractivity contribution < 1.29 is 23.1 Å². The summed E-state index contributed by atoms with van der Waals surface area (Å²) in [4.78, 5) is 22.7. The van der Waals surface area contributed by atoms with Crippen molar-refractivity contribution in [3.8, 4) is 0 Å². The van der Waals surface area contributed by atoms with E-state index in [4.69, 9.17) is 5.11 Å². The molecule has 0 saturated carbocycles. The topological polar surface area (TPSA) is 125 Å². The Morgan fingerprint density at radius 1 is 1.24 bits per heavy atom. The van der Waals surface area contributed by atoms with Crippen LogP contribution in [0.4, 0.5) is 16.2 Å². The third-order valence-electron chi connectivity index (χ3n) is 3.55. The molecule has 0 unspecified atom stereocenters. The van der Waals surface area contributed by atoms with Gasteiger partial charge in [0.2, 0.25) is 10.0 Å². The molecule has 1 aromatic carbocycles. The Kier molecular flexibility index (Phi) is 6.80. The largest absolute Gasteiger partial charge is 0.481 e. The number of carboxylic acid groups (broad SMARTS) is 1. The summed E-state index contributed by atoms with van der Waals surface area (Å²) in [5.41, 5.74) is 0.951. The number of sulfonamides is 1. The molecule has 9 heteroatoms. The van der Waals surface area contributed by atoms with Gasteiger partial charge in [0.15, 0.2) is 0 Å². The summed E-state index contributed by atoms with van der Waals surface area (Å²) in [6, 6.07) is 4.35. The molecule has 0 bridgehead atoms. The molecule has 0 spiro atoms. The van der Waals surface area contributed by atoms with E-state index in [0.717, 1.165) is 0 Å². The van der Waals surface area contributed by atoms with Crippen molar-refractivity contribution in [2.45, 2.75) is 46.1 Å². The third kappa shape index (κ3) is 7.42. The van der Waals surface area contributed by atoms with Crippen molar-refractivity contribution in [1.82, 2.24) is 5.32 Å². The molecule has 0 saturated heterocycles. The van der Waals surface area contributed by atoms with Crippen LogP contribution in [0.1, 0.15) is 39.2 Å². The van der Waals surface area contributed by atoms with Gasteiger partial charge >= 0.3 is 12.0 Å². The molecule has 140 valence electrons. The van der Waals surface area contributed by atoms with Gasteiger partial charge < -0.3 is 15.7 Å².